The Kier molecular flexibility index (Phi) is 3.88. The first-order valence-electron chi connectivity index (χ1n) is 7.16. The van der Waals surface area contributed by atoms with Gasteiger partial charge >= 0.3 is 0 Å². The van der Waals surface area contributed by atoms with E-state index in [1.165, 1.54) is 25.7 Å². The molecule has 3 heteroatoms. The lowest BCUT2D eigenvalue weighted by Crippen LogP contribution is -2.18. The van der Waals surface area contributed by atoms with Crippen molar-refractivity contribution in [2.75, 3.05) is 13.7 Å². The van der Waals surface area contributed by atoms with Gasteiger partial charge in [-0.15, -0.1) is 11.6 Å². The van der Waals surface area contributed by atoms with Gasteiger partial charge in [0.1, 0.15) is 0 Å². The van der Waals surface area contributed by atoms with Gasteiger partial charge < -0.3 is 9.47 Å². The standard InChI is InChI=1S/C16H21ClO2/c1-18-16-8-12(9-17)3-5-15(16)19-10-14-7-11-2-4-13(14)6-11/h3,5,8,11,13-14H,2,4,6-7,9-10H2,1H3. The van der Waals surface area contributed by atoms with Crippen molar-refractivity contribution in [1.82, 2.24) is 0 Å². The lowest BCUT2D eigenvalue weighted by Gasteiger charge is -2.22. The molecule has 1 aromatic carbocycles. The molecule has 3 unspecified atom stereocenters. The smallest absolute Gasteiger partial charge is 0.161 e. The van der Waals surface area contributed by atoms with Crippen molar-refractivity contribution in [3.8, 4) is 11.5 Å². The summed E-state index contributed by atoms with van der Waals surface area (Å²) < 4.78 is 11.4. The molecule has 2 bridgehead atoms. The van der Waals surface area contributed by atoms with E-state index in [9.17, 15) is 0 Å². The number of alkyl halides is 1. The third-order valence-electron chi connectivity index (χ3n) is 4.72. The lowest BCUT2D eigenvalue weighted by atomic mass is 9.89. The van der Waals surface area contributed by atoms with Crippen LogP contribution < -0.4 is 9.47 Å². The molecule has 0 amide bonds. The van der Waals surface area contributed by atoms with Crippen LogP contribution in [0.15, 0.2) is 18.2 Å². The predicted molar refractivity (Wildman–Crippen MR) is 77.0 cm³/mol. The van der Waals surface area contributed by atoms with Crippen LogP contribution >= 0.6 is 11.6 Å². The summed E-state index contributed by atoms with van der Waals surface area (Å²) in [5.74, 6) is 4.76. The summed E-state index contributed by atoms with van der Waals surface area (Å²) in [5, 5.41) is 0. The number of methoxy groups -OCH3 is 1. The van der Waals surface area contributed by atoms with Gasteiger partial charge in [-0.3, -0.25) is 0 Å². The van der Waals surface area contributed by atoms with E-state index in [1.807, 2.05) is 18.2 Å². The highest BCUT2D eigenvalue weighted by molar-refractivity contribution is 6.17. The minimum Gasteiger partial charge on any atom is -0.493 e. The third kappa shape index (κ3) is 2.69. The Morgan fingerprint density at radius 1 is 1.21 bits per heavy atom. The molecule has 0 N–H and O–H groups in total. The fraction of sp³-hybridized carbons (Fsp3) is 0.625. The fourth-order valence-corrected chi connectivity index (χ4v) is 3.86. The number of benzene rings is 1. The summed E-state index contributed by atoms with van der Waals surface area (Å²) >= 11 is 5.84. The van der Waals surface area contributed by atoms with E-state index >= 15 is 0 Å². The Morgan fingerprint density at radius 2 is 2.11 bits per heavy atom. The van der Waals surface area contributed by atoms with Crippen molar-refractivity contribution in [3.05, 3.63) is 23.8 Å². The minimum atomic E-state index is 0.503. The summed E-state index contributed by atoms with van der Waals surface area (Å²) in [5.41, 5.74) is 1.06. The van der Waals surface area contributed by atoms with Crippen molar-refractivity contribution in [2.45, 2.75) is 31.6 Å². The van der Waals surface area contributed by atoms with Crippen LogP contribution in [-0.2, 0) is 5.88 Å². The first-order valence-corrected chi connectivity index (χ1v) is 7.69. The van der Waals surface area contributed by atoms with Gasteiger partial charge in [-0.2, -0.15) is 0 Å². The first kappa shape index (κ1) is 13.1. The molecule has 0 aliphatic heterocycles. The Labute approximate surface area is 120 Å². The molecule has 2 aliphatic carbocycles. The molecular formula is C16H21ClO2. The number of rotatable bonds is 5. The highest BCUT2D eigenvalue weighted by Gasteiger charge is 2.39. The maximum Gasteiger partial charge on any atom is 0.161 e. The van der Waals surface area contributed by atoms with Crippen molar-refractivity contribution in [2.24, 2.45) is 17.8 Å². The third-order valence-corrected chi connectivity index (χ3v) is 5.03. The molecule has 0 spiro atoms. The molecule has 2 saturated carbocycles. The molecule has 2 nitrogen and oxygen atoms in total. The van der Waals surface area contributed by atoms with Crippen LogP contribution in [-0.4, -0.2) is 13.7 Å². The van der Waals surface area contributed by atoms with Crippen molar-refractivity contribution >= 4 is 11.6 Å². The number of halogens is 1. The second-order valence-electron chi connectivity index (χ2n) is 5.86. The Hall–Kier alpha value is -0.890. The SMILES string of the molecule is COc1cc(CCl)ccc1OCC1CC2CCC1C2. The zero-order chi connectivity index (χ0) is 13.2. The number of hydrogen-bond donors (Lipinski definition) is 0. The highest BCUT2D eigenvalue weighted by Crippen LogP contribution is 2.48. The quantitative estimate of drug-likeness (QED) is 0.751. The Balaban J connectivity index is 1.63. The van der Waals surface area contributed by atoms with E-state index in [2.05, 4.69) is 0 Å². The van der Waals surface area contributed by atoms with Gasteiger partial charge in [0, 0.05) is 5.88 Å². The summed E-state index contributed by atoms with van der Waals surface area (Å²) in [6.07, 6.45) is 5.62. The second kappa shape index (κ2) is 5.62. The van der Waals surface area contributed by atoms with Crippen LogP contribution in [0.25, 0.3) is 0 Å². The fourth-order valence-electron chi connectivity index (χ4n) is 3.69. The lowest BCUT2D eigenvalue weighted by molar-refractivity contribution is 0.189. The summed E-state index contributed by atoms with van der Waals surface area (Å²) in [7, 11) is 1.68. The number of ether oxygens (including phenoxy) is 2. The van der Waals surface area contributed by atoms with E-state index in [1.54, 1.807) is 7.11 Å². The zero-order valence-corrected chi connectivity index (χ0v) is 12.2. The molecule has 0 saturated heterocycles. The summed E-state index contributed by atoms with van der Waals surface area (Å²) in [6.45, 7) is 0.831. The van der Waals surface area contributed by atoms with Crippen LogP contribution in [0.1, 0.15) is 31.2 Å². The molecule has 0 radical (unpaired) electrons. The maximum absolute atomic E-state index is 6.00. The van der Waals surface area contributed by atoms with Gasteiger partial charge in [0.2, 0.25) is 0 Å². The van der Waals surface area contributed by atoms with E-state index in [0.29, 0.717) is 5.88 Å². The highest BCUT2D eigenvalue weighted by atomic mass is 35.5. The average Bonchev–Trinajstić information content (AvgIpc) is 3.07. The van der Waals surface area contributed by atoms with Gasteiger partial charge in [0.05, 0.1) is 13.7 Å². The van der Waals surface area contributed by atoms with Crippen molar-refractivity contribution in [1.29, 1.82) is 0 Å². The first-order chi connectivity index (χ1) is 9.30. The monoisotopic (exact) mass is 280 g/mol. The van der Waals surface area contributed by atoms with Crippen LogP contribution in [0.4, 0.5) is 0 Å². The van der Waals surface area contributed by atoms with E-state index in [0.717, 1.165) is 41.4 Å². The molecule has 0 heterocycles. The summed E-state index contributed by atoms with van der Waals surface area (Å²) in [6, 6.07) is 5.94. The minimum absolute atomic E-state index is 0.503. The van der Waals surface area contributed by atoms with Gasteiger partial charge in [-0.25, -0.2) is 0 Å². The van der Waals surface area contributed by atoms with Crippen molar-refractivity contribution < 1.29 is 9.47 Å². The molecule has 2 fully saturated rings. The molecule has 3 rings (SSSR count). The number of hydrogen-bond acceptors (Lipinski definition) is 2. The largest absolute Gasteiger partial charge is 0.493 e. The maximum atomic E-state index is 6.00. The van der Waals surface area contributed by atoms with Crippen LogP contribution in [0.5, 0.6) is 11.5 Å². The molecule has 104 valence electrons. The van der Waals surface area contributed by atoms with Gasteiger partial charge in [-0.1, -0.05) is 12.5 Å². The molecule has 2 aliphatic rings. The Morgan fingerprint density at radius 3 is 2.74 bits per heavy atom. The van der Waals surface area contributed by atoms with Crippen LogP contribution in [0.2, 0.25) is 0 Å². The van der Waals surface area contributed by atoms with Gasteiger partial charge in [0.15, 0.2) is 11.5 Å². The molecule has 0 aromatic heterocycles. The Bertz CT molecular complexity index is 446. The molecule has 3 atom stereocenters. The second-order valence-corrected chi connectivity index (χ2v) is 6.13. The van der Waals surface area contributed by atoms with E-state index in [-0.39, 0.29) is 0 Å². The van der Waals surface area contributed by atoms with Crippen LogP contribution in [0.3, 0.4) is 0 Å². The molecular weight excluding hydrogens is 260 g/mol. The van der Waals surface area contributed by atoms with Crippen molar-refractivity contribution in [3.63, 3.8) is 0 Å². The van der Waals surface area contributed by atoms with Gasteiger partial charge in [0.25, 0.3) is 0 Å². The summed E-state index contributed by atoms with van der Waals surface area (Å²) in [4.78, 5) is 0. The molecule has 1 aromatic rings. The predicted octanol–water partition coefficient (Wildman–Crippen LogP) is 4.25. The normalized spacial score (nSPS) is 28.6. The van der Waals surface area contributed by atoms with Gasteiger partial charge in [-0.05, 0) is 54.7 Å². The average molecular weight is 281 g/mol. The molecule has 19 heavy (non-hydrogen) atoms. The number of fused-ring (bicyclic) bond motifs is 2. The van der Waals surface area contributed by atoms with Crippen LogP contribution in [0, 0.1) is 17.8 Å². The van der Waals surface area contributed by atoms with E-state index < -0.39 is 0 Å². The zero-order valence-electron chi connectivity index (χ0n) is 11.4. The van der Waals surface area contributed by atoms with E-state index in [4.69, 9.17) is 21.1 Å². The topological polar surface area (TPSA) is 18.5 Å².